The van der Waals surface area contributed by atoms with Gasteiger partial charge in [0.25, 0.3) is 0 Å². The highest BCUT2D eigenvalue weighted by Crippen LogP contribution is 2.35. The quantitative estimate of drug-likeness (QED) is 0.808. The lowest BCUT2D eigenvalue weighted by molar-refractivity contribution is -0.126. The fourth-order valence-corrected chi connectivity index (χ4v) is 4.07. The molecule has 0 saturated heterocycles. The number of halogens is 1. The number of nitrogens with one attached hydrogen (secondary N) is 1. The summed E-state index contributed by atoms with van der Waals surface area (Å²) in [6.45, 7) is 0. The third-order valence-corrected chi connectivity index (χ3v) is 5.35. The molecule has 0 aliphatic heterocycles. The minimum absolute atomic E-state index is 0.0131. The summed E-state index contributed by atoms with van der Waals surface area (Å²) < 4.78 is 0. The Morgan fingerprint density at radius 1 is 1.05 bits per heavy atom. The van der Waals surface area contributed by atoms with E-state index in [2.05, 4.69) is 17.4 Å². The second kappa shape index (κ2) is 6.83. The molecule has 1 fully saturated rings. The Labute approximate surface area is 132 Å². The molecule has 2 atom stereocenters. The maximum absolute atomic E-state index is 12.6. The molecule has 1 aromatic carbocycles. The van der Waals surface area contributed by atoms with Crippen LogP contribution in [0.25, 0.3) is 0 Å². The minimum atomic E-state index is -0.0140. The number of carbonyl (C=O) groups is 1. The number of carbonyl (C=O) groups excluding carboxylic acids is 1. The molecule has 0 heterocycles. The van der Waals surface area contributed by atoms with Crippen molar-refractivity contribution >= 4 is 17.5 Å². The summed E-state index contributed by atoms with van der Waals surface area (Å²) >= 11 is 6.47. The SMILES string of the molecule is O=C(NC1c2ccccc2CC1Cl)C1CCCCCCC1. The predicted molar refractivity (Wildman–Crippen MR) is 86.5 cm³/mol. The Bertz CT molecular complexity index is 494. The van der Waals surface area contributed by atoms with Crippen LogP contribution in [-0.4, -0.2) is 11.3 Å². The predicted octanol–water partition coefficient (Wildman–Crippen LogP) is 4.37. The second-order valence-electron chi connectivity index (χ2n) is 6.45. The summed E-state index contributed by atoms with van der Waals surface area (Å²) in [5.74, 6) is 0.395. The van der Waals surface area contributed by atoms with Crippen molar-refractivity contribution < 1.29 is 4.79 Å². The Morgan fingerprint density at radius 3 is 2.48 bits per heavy atom. The number of rotatable bonds is 2. The maximum Gasteiger partial charge on any atom is 0.223 e. The van der Waals surface area contributed by atoms with E-state index in [1.54, 1.807) is 0 Å². The number of hydrogen-bond donors (Lipinski definition) is 1. The topological polar surface area (TPSA) is 29.1 Å². The van der Waals surface area contributed by atoms with Crippen LogP contribution >= 0.6 is 11.6 Å². The summed E-state index contributed by atoms with van der Waals surface area (Å²) in [6, 6.07) is 8.28. The van der Waals surface area contributed by atoms with Gasteiger partial charge in [0, 0.05) is 5.92 Å². The third-order valence-electron chi connectivity index (χ3n) is 4.94. The van der Waals surface area contributed by atoms with Gasteiger partial charge in [-0.1, -0.05) is 56.4 Å². The van der Waals surface area contributed by atoms with Crippen LogP contribution < -0.4 is 5.32 Å². The molecule has 2 aliphatic rings. The van der Waals surface area contributed by atoms with E-state index in [1.807, 2.05) is 12.1 Å². The molecule has 1 N–H and O–H groups in total. The molecule has 1 saturated carbocycles. The largest absolute Gasteiger partial charge is 0.348 e. The minimum Gasteiger partial charge on any atom is -0.348 e. The molecule has 0 spiro atoms. The Balaban J connectivity index is 1.66. The molecule has 2 unspecified atom stereocenters. The smallest absolute Gasteiger partial charge is 0.223 e. The normalized spacial score (nSPS) is 26.7. The van der Waals surface area contributed by atoms with Crippen LogP contribution in [0.15, 0.2) is 24.3 Å². The van der Waals surface area contributed by atoms with Crippen LogP contribution in [0.5, 0.6) is 0 Å². The molecule has 1 aromatic rings. The van der Waals surface area contributed by atoms with E-state index < -0.39 is 0 Å². The highest BCUT2D eigenvalue weighted by Gasteiger charge is 2.33. The average molecular weight is 306 g/mol. The number of benzene rings is 1. The molecule has 2 nitrogen and oxygen atoms in total. The molecule has 0 bridgehead atoms. The van der Waals surface area contributed by atoms with Gasteiger partial charge in [-0.05, 0) is 30.4 Å². The zero-order valence-corrected chi connectivity index (χ0v) is 13.2. The molecule has 0 radical (unpaired) electrons. The number of fused-ring (bicyclic) bond motifs is 1. The van der Waals surface area contributed by atoms with Gasteiger partial charge in [-0.3, -0.25) is 4.79 Å². The van der Waals surface area contributed by atoms with Gasteiger partial charge in [-0.25, -0.2) is 0 Å². The van der Waals surface area contributed by atoms with Crippen molar-refractivity contribution in [1.82, 2.24) is 5.32 Å². The van der Waals surface area contributed by atoms with Crippen LogP contribution in [0.1, 0.15) is 62.1 Å². The summed E-state index contributed by atoms with van der Waals surface area (Å²) in [5, 5.41) is 3.22. The third kappa shape index (κ3) is 3.42. The van der Waals surface area contributed by atoms with Gasteiger partial charge in [-0.15, -0.1) is 11.6 Å². The summed E-state index contributed by atoms with van der Waals surface area (Å²) in [4.78, 5) is 12.6. The lowest BCUT2D eigenvalue weighted by Crippen LogP contribution is -2.36. The maximum atomic E-state index is 12.6. The highest BCUT2D eigenvalue weighted by molar-refractivity contribution is 6.21. The molecule has 3 heteroatoms. The first-order valence-corrected chi connectivity index (χ1v) is 8.71. The van der Waals surface area contributed by atoms with Crippen molar-refractivity contribution in [2.24, 2.45) is 5.92 Å². The van der Waals surface area contributed by atoms with Gasteiger partial charge in [0.15, 0.2) is 0 Å². The van der Waals surface area contributed by atoms with Crippen LogP contribution in [0, 0.1) is 5.92 Å². The number of amides is 1. The van der Waals surface area contributed by atoms with Gasteiger partial charge in [0.2, 0.25) is 5.91 Å². The monoisotopic (exact) mass is 305 g/mol. The van der Waals surface area contributed by atoms with E-state index in [0.717, 1.165) is 19.3 Å². The molecular formula is C18H24ClNO. The summed E-state index contributed by atoms with van der Waals surface area (Å²) in [5.41, 5.74) is 2.48. The van der Waals surface area contributed by atoms with Crippen molar-refractivity contribution in [2.45, 2.75) is 62.8 Å². The lowest BCUT2D eigenvalue weighted by atomic mass is 9.90. The fraction of sp³-hybridized carbons (Fsp3) is 0.611. The number of alkyl halides is 1. The van der Waals surface area contributed by atoms with Gasteiger partial charge >= 0.3 is 0 Å². The standard InChI is InChI=1S/C18H24ClNO/c19-16-12-14-10-6-7-11-15(14)17(16)20-18(21)13-8-4-2-1-3-5-9-13/h6-7,10-11,13,16-17H,1-5,8-9,12H2,(H,20,21). The molecule has 0 aromatic heterocycles. The van der Waals surface area contributed by atoms with E-state index in [4.69, 9.17) is 11.6 Å². The zero-order valence-electron chi connectivity index (χ0n) is 12.5. The Kier molecular flexibility index (Phi) is 4.84. The Morgan fingerprint density at radius 2 is 1.71 bits per heavy atom. The first kappa shape index (κ1) is 14.9. The van der Waals surface area contributed by atoms with Crippen molar-refractivity contribution in [3.63, 3.8) is 0 Å². The van der Waals surface area contributed by atoms with E-state index in [1.165, 1.54) is 43.2 Å². The average Bonchev–Trinajstić information content (AvgIpc) is 2.75. The lowest BCUT2D eigenvalue weighted by Gasteiger charge is -2.23. The Hall–Kier alpha value is -1.02. The fourth-order valence-electron chi connectivity index (χ4n) is 3.70. The highest BCUT2D eigenvalue weighted by atomic mass is 35.5. The molecular weight excluding hydrogens is 282 g/mol. The van der Waals surface area contributed by atoms with Crippen molar-refractivity contribution in [3.05, 3.63) is 35.4 Å². The first-order valence-electron chi connectivity index (χ1n) is 8.28. The van der Waals surface area contributed by atoms with E-state index in [9.17, 15) is 4.79 Å². The van der Waals surface area contributed by atoms with Crippen LogP contribution in [0.3, 0.4) is 0 Å². The van der Waals surface area contributed by atoms with Crippen LogP contribution in [0.2, 0.25) is 0 Å². The van der Waals surface area contributed by atoms with Gasteiger partial charge in [0.1, 0.15) is 0 Å². The van der Waals surface area contributed by atoms with Crippen molar-refractivity contribution in [1.29, 1.82) is 0 Å². The molecule has 2 aliphatic carbocycles. The van der Waals surface area contributed by atoms with E-state index in [-0.39, 0.29) is 23.2 Å². The van der Waals surface area contributed by atoms with E-state index >= 15 is 0 Å². The zero-order chi connectivity index (χ0) is 14.7. The molecule has 1 amide bonds. The van der Waals surface area contributed by atoms with Gasteiger partial charge in [0.05, 0.1) is 11.4 Å². The van der Waals surface area contributed by atoms with Crippen molar-refractivity contribution in [2.75, 3.05) is 0 Å². The molecule has 114 valence electrons. The molecule has 3 rings (SSSR count). The van der Waals surface area contributed by atoms with Gasteiger partial charge < -0.3 is 5.32 Å². The van der Waals surface area contributed by atoms with Crippen LogP contribution in [-0.2, 0) is 11.2 Å². The van der Waals surface area contributed by atoms with Crippen LogP contribution in [0.4, 0.5) is 0 Å². The van der Waals surface area contributed by atoms with Crippen molar-refractivity contribution in [3.8, 4) is 0 Å². The second-order valence-corrected chi connectivity index (χ2v) is 7.01. The van der Waals surface area contributed by atoms with E-state index in [0.29, 0.717) is 0 Å². The van der Waals surface area contributed by atoms with Gasteiger partial charge in [-0.2, -0.15) is 0 Å². The molecule has 21 heavy (non-hydrogen) atoms. The first-order chi connectivity index (χ1) is 10.3. The summed E-state index contributed by atoms with van der Waals surface area (Å²) in [7, 11) is 0. The summed E-state index contributed by atoms with van der Waals surface area (Å²) in [6.07, 6.45) is 9.16. The number of hydrogen-bond acceptors (Lipinski definition) is 1.